The number of hydrogen-bond donors (Lipinski definition) is 1. The molecule has 0 saturated carbocycles. The van der Waals surface area contributed by atoms with E-state index in [-0.39, 0.29) is 11.5 Å². The standard InChI is InChI=1S/C30H25ClN2O3/c1-20(31)33(18-17-32-21-9-3-2-4-10-21)22-15-16-26-28(19-22)35-27-14-8-7-13-25(27)30(26)24-12-6-5-11-23(24)29(34)36-30/h2-16,19-20,32H,17-18H2,1H3. The molecule has 0 bridgehead atoms. The Kier molecular flexibility index (Phi) is 5.57. The molecule has 0 aliphatic carbocycles. The Hall–Kier alpha value is -3.96. The van der Waals surface area contributed by atoms with Gasteiger partial charge in [-0.3, -0.25) is 0 Å². The van der Waals surface area contributed by atoms with Crippen LogP contribution < -0.4 is 15.0 Å². The number of alkyl halides is 1. The normalized spacial score (nSPS) is 17.9. The van der Waals surface area contributed by atoms with E-state index in [1.807, 2.05) is 104 Å². The largest absolute Gasteiger partial charge is 0.456 e. The van der Waals surface area contributed by atoms with Crippen molar-refractivity contribution in [1.82, 2.24) is 0 Å². The minimum Gasteiger partial charge on any atom is -0.456 e. The fourth-order valence-electron chi connectivity index (χ4n) is 5.18. The van der Waals surface area contributed by atoms with Gasteiger partial charge in [-0.05, 0) is 43.3 Å². The zero-order valence-electron chi connectivity index (χ0n) is 19.8. The number of para-hydroxylation sites is 2. The van der Waals surface area contributed by atoms with Crippen molar-refractivity contribution in [3.63, 3.8) is 0 Å². The van der Waals surface area contributed by atoms with Gasteiger partial charge in [0.1, 0.15) is 17.0 Å². The second kappa shape index (κ2) is 8.92. The third-order valence-corrected chi connectivity index (χ3v) is 7.06. The summed E-state index contributed by atoms with van der Waals surface area (Å²) in [7, 11) is 0. The van der Waals surface area contributed by atoms with E-state index in [1.165, 1.54) is 0 Å². The summed E-state index contributed by atoms with van der Waals surface area (Å²) >= 11 is 6.62. The first kappa shape index (κ1) is 22.5. The van der Waals surface area contributed by atoms with Gasteiger partial charge in [-0.15, -0.1) is 0 Å². The predicted molar refractivity (Wildman–Crippen MR) is 142 cm³/mol. The second-order valence-corrected chi connectivity index (χ2v) is 9.59. The fourth-order valence-corrected chi connectivity index (χ4v) is 5.39. The van der Waals surface area contributed by atoms with Gasteiger partial charge in [0.15, 0.2) is 5.60 Å². The molecule has 0 saturated heterocycles. The third kappa shape index (κ3) is 3.59. The predicted octanol–water partition coefficient (Wildman–Crippen LogP) is 6.76. The van der Waals surface area contributed by atoms with Crippen molar-refractivity contribution in [2.75, 3.05) is 23.3 Å². The summed E-state index contributed by atoms with van der Waals surface area (Å²) in [6.07, 6.45) is 0. The van der Waals surface area contributed by atoms with Crippen LogP contribution in [0.25, 0.3) is 0 Å². The number of rotatable bonds is 6. The number of ether oxygens (including phenoxy) is 2. The summed E-state index contributed by atoms with van der Waals surface area (Å²) < 4.78 is 12.6. The molecule has 6 heteroatoms. The number of halogens is 1. The highest BCUT2D eigenvalue weighted by Gasteiger charge is 2.53. The van der Waals surface area contributed by atoms with Gasteiger partial charge < -0.3 is 19.7 Å². The van der Waals surface area contributed by atoms with Crippen LogP contribution in [0.4, 0.5) is 11.4 Å². The third-order valence-electron chi connectivity index (χ3n) is 6.82. The Morgan fingerprint density at radius 2 is 1.56 bits per heavy atom. The maximum Gasteiger partial charge on any atom is 0.340 e. The van der Waals surface area contributed by atoms with Gasteiger partial charge in [-0.25, -0.2) is 4.79 Å². The molecule has 0 amide bonds. The number of esters is 1. The monoisotopic (exact) mass is 496 g/mol. The first-order chi connectivity index (χ1) is 17.6. The number of nitrogens with zero attached hydrogens (tertiary/aromatic N) is 1. The molecule has 6 rings (SSSR count). The smallest absolute Gasteiger partial charge is 0.340 e. The number of carbonyl (C=O) groups is 1. The highest BCUT2D eigenvalue weighted by Crippen LogP contribution is 2.56. The van der Waals surface area contributed by atoms with Crippen LogP contribution in [0.2, 0.25) is 0 Å². The van der Waals surface area contributed by atoms with Crippen LogP contribution in [0.1, 0.15) is 34.0 Å². The van der Waals surface area contributed by atoms with Crippen LogP contribution in [-0.4, -0.2) is 24.6 Å². The van der Waals surface area contributed by atoms with E-state index in [4.69, 9.17) is 21.1 Å². The first-order valence-electron chi connectivity index (χ1n) is 12.0. The summed E-state index contributed by atoms with van der Waals surface area (Å²) in [5.74, 6) is 0.984. The van der Waals surface area contributed by atoms with Crippen LogP contribution in [-0.2, 0) is 10.3 Å². The maximum atomic E-state index is 13.0. The molecule has 0 radical (unpaired) electrons. The summed E-state index contributed by atoms with van der Waals surface area (Å²) in [6.45, 7) is 3.37. The van der Waals surface area contributed by atoms with Crippen LogP contribution in [0, 0.1) is 0 Å². The molecule has 180 valence electrons. The average molecular weight is 497 g/mol. The van der Waals surface area contributed by atoms with Gasteiger partial charge in [0, 0.05) is 47.2 Å². The van der Waals surface area contributed by atoms with Crippen LogP contribution in [0.5, 0.6) is 11.5 Å². The molecule has 36 heavy (non-hydrogen) atoms. The summed E-state index contributed by atoms with van der Waals surface area (Å²) in [6, 6.07) is 31.4. The Morgan fingerprint density at radius 1 is 0.861 bits per heavy atom. The Morgan fingerprint density at radius 3 is 2.36 bits per heavy atom. The van der Waals surface area contributed by atoms with Gasteiger partial charge in [-0.2, -0.15) is 0 Å². The average Bonchev–Trinajstić information content (AvgIpc) is 3.20. The fraction of sp³-hybridized carbons (Fsp3) is 0.167. The zero-order valence-corrected chi connectivity index (χ0v) is 20.5. The maximum absolute atomic E-state index is 13.0. The molecule has 5 nitrogen and oxygen atoms in total. The molecule has 2 heterocycles. The molecule has 4 aromatic carbocycles. The van der Waals surface area contributed by atoms with Crippen molar-refractivity contribution in [1.29, 1.82) is 0 Å². The number of carbonyl (C=O) groups excluding carboxylic acids is 1. The molecule has 2 aliphatic rings. The molecular weight excluding hydrogens is 472 g/mol. The number of nitrogens with one attached hydrogen (secondary N) is 1. The van der Waals surface area contributed by atoms with Crippen molar-refractivity contribution in [3.05, 3.63) is 119 Å². The van der Waals surface area contributed by atoms with Crippen molar-refractivity contribution in [2.45, 2.75) is 18.0 Å². The number of anilines is 2. The lowest BCUT2D eigenvalue weighted by Crippen LogP contribution is -2.35. The Bertz CT molecular complexity index is 1440. The number of benzene rings is 4. The SMILES string of the molecule is CC(Cl)N(CCNc1ccccc1)c1ccc2c(c1)Oc1ccccc1C21OC(=O)c2ccccc21. The van der Waals surface area contributed by atoms with E-state index < -0.39 is 5.60 Å². The quantitative estimate of drug-likeness (QED) is 0.181. The second-order valence-electron chi connectivity index (χ2n) is 8.96. The molecule has 0 fully saturated rings. The topological polar surface area (TPSA) is 50.8 Å². The molecule has 1 N–H and O–H groups in total. The zero-order chi connectivity index (χ0) is 24.7. The molecule has 2 aliphatic heterocycles. The van der Waals surface area contributed by atoms with Crippen molar-refractivity contribution in [3.8, 4) is 11.5 Å². The van der Waals surface area contributed by atoms with Crippen molar-refractivity contribution < 1.29 is 14.3 Å². The van der Waals surface area contributed by atoms with Gasteiger partial charge in [0.25, 0.3) is 0 Å². The van der Waals surface area contributed by atoms with E-state index in [1.54, 1.807) is 0 Å². The summed E-state index contributed by atoms with van der Waals surface area (Å²) in [4.78, 5) is 15.1. The lowest BCUT2D eigenvalue weighted by molar-refractivity contribution is 0.0224. The van der Waals surface area contributed by atoms with Gasteiger partial charge in [0.2, 0.25) is 0 Å². The van der Waals surface area contributed by atoms with E-state index in [0.29, 0.717) is 23.6 Å². The molecule has 1 spiro atoms. The Labute approximate surface area is 215 Å². The lowest BCUT2D eigenvalue weighted by Gasteiger charge is -2.37. The van der Waals surface area contributed by atoms with Crippen molar-refractivity contribution in [2.24, 2.45) is 0 Å². The van der Waals surface area contributed by atoms with Gasteiger partial charge >= 0.3 is 5.97 Å². The molecular formula is C30H25ClN2O3. The van der Waals surface area contributed by atoms with Crippen molar-refractivity contribution >= 4 is 28.9 Å². The number of fused-ring (bicyclic) bond motifs is 6. The van der Waals surface area contributed by atoms with E-state index in [9.17, 15) is 4.79 Å². The van der Waals surface area contributed by atoms with Gasteiger partial charge in [0.05, 0.1) is 5.56 Å². The summed E-state index contributed by atoms with van der Waals surface area (Å²) in [5, 5.41) is 3.44. The van der Waals surface area contributed by atoms with E-state index in [2.05, 4.69) is 10.2 Å². The lowest BCUT2D eigenvalue weighted by atomic mass is 9.77. The summed E-state index contributed by atoms with van der Waals surface area (Å²) in [5.41, 5.74) is 3.72. The molecule has 4 aromatic rings. The van der Waals surface area contributed by atoms with Crippen LogP contribution in [0.3, 0.4) is 0 Å². The highest BCUT2D eigenvalue weighted by molar-refractivity contribution is 6.21. The van der Waals surface area contributed by atoms with E-state index >= 15 is 0 Å². The van der Waals surface area contributed by atoms with E-state index in [0.717, 1.165) is 34.6 Å². The van der Waals surface area contributed by atoms with Crippen LogP contribution >= 0.6 is 11.6 Å². The molecule has 2 unspecified atom stereocenters. The van der Waals surface area contributed by atoms with Crippen LogP contribution in [0.15, 0.2) is 97.1 Å². The number of hydrogen-bond acceptors (Lipinski definition) is 5. The van der Waals surface area contributed by atoms with Gasteiger partial charge in [-0.1, -0.05) is 66.2 Å². The minimum absolute atomic E-state index is 0.240. The minimum atomic E-state index is -1.05. The first-order valence-corrected chi connectivity index (χ1v) is 12.5. The highest BCUT2D eigenvalue weighted by atomic mass is 35.5. The molecule has 2 atom stereocenters. The molecule has 0 aromatic heterocycles. The Balaban J connectivity index is 1.39.